The SMILES string of the molecule is CCOC(=O)c1cn2c(n1)CNCC2C. The summed E-state index contributed by atoms with van der Waals surface area (Å²) in [7, 11) is 0. The first-order chi connectivity index (χ1) is 7.22. The van der Waals surface area contributed by atoms with Gasteiger partial charge in [0.25, 0.3) is 0 Å². The van der Waals surface area contributed by atoms with Crippen LogP contribution in [0.25, 0.3) is 0 Å². The first-order valence-corrected chi connectivity index (χ1v) is 5.18. The molecule has 1 aliphatic rings. The fourth-order valence-electron chi connectivity index (χ4n) is 1.74. The van der Waals surface area contributed by atoms with Gasteiger partial charge >= 0.3 is 5.97 Å². The van der Waals surface area contributed by atoms with Crippen molar-refractivity contribution in [2.45, 2.75) is 26.4 Å². The summed E-state index contributed by atoms with van der Waals surface area (Å²) in [5.74, 6) is 0.559. The number of nitrogens with one attached hydrogen (secondary N) is 1. The largest absolute Gasteiger partial charge is 0.461 e. The van der Waals surface area contributed by atoms with E-state index in [0.29, 0.717) is 24.9 Å². The number of esters is 1. The molecule has 5 nitrogen and oxygen atoms in total. The fraction of sp³-hybridized carbons (Fsp3) is 0.600. The third kappa shape index (κ3) is 1.87. The summed E-state index contributed by atoms with van der Waals surface area (Å²) in [5, 5.41) is 3.24. The Balaban J connectivity index is 2.25. The lowest BCUT2D eigenvalue weighted by Gasteiger charge is -2.21. The third-order valence-corrected chi connectivity index (χ3v) is 2.49. The van der Waals surface area contributed by atoms with Crippen molar-refractivity contribution in [1.82, 2.24) is 14.9 Å². The zero-order valence-electron chi connectivity index (χ0n) is 8.99. The number of carbonyl (C=O) groups is 1. The summed E-state index contributed by atoms with van der Waals surface area (Å²) in [5.41, 5.74) is 0.405. The molecule has 1 N–H and O–H groups in total. The Morgan fingerprint density at radius 1 is 1.80 bits per heavy atom. The highest BCUT2D eigenvalue weighted by molar-refractivity contribution is 5.87. The van der Waals surface area contributed by atoms with Crippen molar-refractivity contribution in [2.24, 2.45) is 0 Å². The number of rotatable bonds is 2. The normalized spacial score (nSPS) is 19.7. The summed E-state index contributed by atoms with van der Waals surface area (Å²) in [4.78, 5) is 15.7. The van der Waals surface area contributed by atoms with E-state index in [-0.39, 0.29) is 5.97 Å². The van der Waals surface area contributed by atoms with Crippen molar-refractivity contribution in [1.29, 1.82) is 0 Å². The van der Waals surface area contributed by atoms with E-state index in [2.05, 4.69) is 17.2 Å². The maximum atomic E-state index is 11.5. The zero-order chi connectivity index (χ0) is 10.8. The number of fused-ring (bicyclic) bond motifs is 1. The Morgan fingerprint density at radius 3 is 3.27 bits per heavy atom. The standard InChI is InChI=1S/C10H15N3O2/c1-3-15-10(14)8-6-13-7(2)4-11-5-9(13)12-8/h6-7,11H,3-5H2,1-2H3. The van der Waals surface area contributed by atoms with E-state index >= 15 is 0 Å². The second-order valence-electron chi connectivity index (χ2n) is 3.65. The molecule has 0 aromatic carbocycles. The van der Waals surface area contributed by atoms with Gasteiger partial charge in [0.2, 0.25) is 0 Å². The minimum Gasteiger partial charge on any atom is -0.461 e. The topological polar surface area (TPSA) is 56.2 Å². The molecule has 82 valence electrons. The highest BCUT2D eigenvalue weighted by atomic mass is 16.5. The predicted octanol–water partition coefficient (Wildman–Crippen LogP) is 0.724. The minimum atomic E-state index is -0.341. The van der Waals surface area contributed by atoms with E-state index in [0.717, 1.165) is 12.4 Å². The molecule has 1 aliphatic heterocycles. The van der Waals surface area contributed by atoms with Gasteiger partial charge in [-0.05, 0) is 13.8 Å². The smallest absolute Gasteiger partial charge is 0.358 e. The second kappa shape index (κ2) is 4.02. The van der Waals surface area contributed by atoms with Crippen molar-refractivity contribution in [2.75, 3.05) is 13.2 Å². The van der Waals surface area contributed by atoms with Crippen LogP contribution < -0.4 is 5.32 Å². The van der Waals surface area contributed by atoms with E-state index < -0.39 is 0 Å². The minimum absolute atomic E-state index is 0.337. The molecule has 2 heterocycles. The van der Waals surface area contributed by atoms with Crippen LogP contribution in [0.5, 0.6) is 0 Å². The van der Waals surface area contributed by atoms with Crippen LogP contribution in [-0.4, -0.2) is 28.7 Å². The Morgan fingerprint density at radius 2 is 2.60 bits per heavy atom. The predicted molar refractivity (Wildman–Crippen MR) is 54.6 cm³/mol. The van der Waals surface area contributed by atoms with Crippen molar-refractivity contribution in [3.63, 3.8) is 0 Å². The van der Waals surface area contributed by atoms with Crippen LogP contribution in [0.3, 0.4) is 0 Å². The maximum absolute atomic E-state index is 11.5. The van der Waals surface area contributed by atoms with Crippen molar-refractivity contribution in [3.8, 4) is 0 Å². The molecule has 0 radical (unpaired) electrons. The summed E-state index contributed by atoms with van der Waals surface area (Å²) in [6, 6.07) is 0.337. The molecule has 1 atom stereocenters. The van der Waals surface area contributed by atoms with Gasteiger partial charge in [-0.3, -0.25) is 0 Å². The third-order valence-electron chi connectivity index (χ3n) is 2.49. The summed E-state index contributed by atoms with van der Waals surface area (Å²) in [6.45, 7) is 5.88. The van der Waals surface area contributed by atoms with Crippen molar-refractivity contribution in [3.05, 3.63) is 17.7 Å². The molecule has 1 aromatic rings. The monoisotopic (exact) mass is 209 g/mol. The van der Waals surface area contributed by atoms with Crippen LogP contribution in [0.15, 0.2) is 6.20 Å². The van der Waals surface area contributed by atoms with E-state index in [4.69, 9.17) is 4.74 Å². The molecule has 0 aliphatic carbocycles. The highest BCUT2D eigenvalue weighted by Crippen LogP contribution is 2.15. The number of hydrogen-bond acceptors (Lipinski definition) is 4. The lowest BCUT2D eigenvalue weighted by Crippen LogP contribution is -2.31. The van der Waals surface area contributed by atoms with Gasteiger partial charge in [-0.1, -0.05) is 0 Å². The van der Waals surface area contributed by atoms with Gasteiger partial charge in [0, 0.05) is 18.8 Å². The number of ether oxygens (including phenoxy) is 1. The van der Waals surface area contributed by atoms with Crippen LogP contribution in [0.2, 0.25) is 0 Å². The molecule has 0 saturated carbocycles. The van der Waals surface area contributed by atoms with Crippen LogP contribution in [0, 0.1) is 0 Å². The van der Waals surface area contributed by atoms with E-state index in [9.17, 15) is 4.79 Å². The second-order valence-corrected chi connectivity index (χ2v) is 3.65. The molecular weight excluding hydrogens is 194 g/mol. The van der Waals surface area contributed by atoms with Crippen LogP contribution in [-0.2, 0) is 11.3 Å². The van der Waals surface area contributed by atoms with Gasteiger partial charge < -0.3 is 14.6 Å². The number of carbonyl (C=O) groups excluding carboxylic acids is 1. The zero-order valence-corrected chi connectivity index (χ0v) is 8.99. The molecule has 2 rings (SSSR count). The Kier molecular flexibility index (Phi) is 2.73. The summed E-state index contributed by atoms with van der Waals surface area (Å²) < 4.78 is 6.94. The maximum Gasteiger partial charge on any atom is 0.358 e. The molecule has 0 spiro atoms. The molecule has 1 unspecified atom stereocenters. The van der Waals surface area contributed by atoms with Gasteiger partial charge in [-0.15, -0.1) is 0 Å². The Labute approximate surface area is 88.4 Å². The number of imidazole rings is 1. The molecule has 15 heavy (non-hydrogen) atoms. The number of aromatic nitrogens is 2. The van der Waals surface area contributed by atoms with Crippen LogP contribution >= 0.6 is 0 Å². The lowest BCUT2D eigenvalue weighted by molar-refractivity contribution is 0.0520. The van der Waals surface area contributed by atoms with Gasteiger partial charge in [-0.2, -0.15) is 0 Å². The van der Waals surface area contributed by atoms with Crippen LogP contribution in [0.1, 0.15) is 36.2 Å². The lowest BCUT2D eigenvalue weighted by atomic mass is 10.3. The average Bonchev–Trinajstić information content (AvgIpc) is 2.63. The van der Waals surface area contributed by atoms with Crippen LogP contribution in [0.4, 0.5) is 0 Å². The molecular formula is C10H15N3O2. The quantitative estimate of drug-likeness (QED) is 0.729. The van der Waals surface area contributed by atoms with E-state index in [1.165, 1.54) is 0 Å². The molecule has 0 saturated heterocycles. The Bertz CT molecular complexity index is 373. The summed E-state index contributed by atoms with van der Waals surface area (Å²) >= 11 is 0. The number of hydrogen-bond donors (Lipinski definition) is 1. The highest BCUT2D eigenvalue weighted by Gasteiger charge is 2.20. The van der Waals surface area contributed by atoms with Gasteiger partial charge in [0.1, 0.15) is 5.82 Å². The van der Waals surface area contributed by atoms with Crippen molar-refractivity contribution < 1.29 is 9.53 Å². The summed E-state index contributed by atoms with van der Waals surface area (Å²) in [6.07, 6.45) is 1.78. The molecule has 1 aromatic heterocycles. The van der Waals surface area contributed by atoms with E-state index in [1.807, 2.05) is 4.57 Å². The van der Waals surface area contributed by atoms with Crippen molar-refractivity contribution >= 4 is 5.97 Å². The Hall–Kier alpha value is -1.36. The molecule has 0 fully saturated rings. The molecule has 0 bridgehead atoms. The van der Waals surface area contributed by atoms with Gasteiger partial charge in [-0.25, -0.2) is 9.78 Å². The first kappa shape index (κ1) is 10.2. The molecule has 0 amide bonds. The van der Waals surface area contributed by atoms with Gasteiger partial charge in [0.15, 0.2) is 5.69 Å². The average molecular weight is 209 g/mol. The fourth-order valence-corrected chi connectivity index (χ4v) is 1.74. The van der Waals surface area contributed by atoms with Gasteiger partial charge in [0.05, 0.1) is 13.2 Å². The number of nitrogens with zero attached hydrogens (tertiary/aromatic N) is 2. The van der Waals surface area contributed by atoms with E-state index in [1.54, 1.807) is 13.1 Å². The first-order valence-electron chi connectivity index (χ1n) is 5.18. The molecule has 5 heteroatoms.